The van der Waals surface area contributed by atoms with E-state index in [0.29, 0.717) is 33.7 Å². The van der Waals surface area contributed by atoms with Gasteiger partial charge in [0, 0.05) is 40.3 Å². The van der Waals surface area contributed by atoms with Crippen molar-refractivity contribution < 1.29 is 18.8 Å². The standard InChI is InChI=1S/C23H14FN3O3/c24-13-5-8-20-25-15(12-27(20)11-13)10-21(28)26-14-6-7-18-19(9-14)23(30)17-4-2-1-3-16(17)22(18)29/h1-9,11-12H,10H2,(H,26,28). The molecule has 2 aromatic heterocycles. The fourth-order valence-corrected chi connectivity index (χ4v) is 3.65. The Morgan fingerprint density at radius 1 is 0.900 bits per heavy atom. The molecular formula is C23H14FN3O3. The number of nitrogens with one attached hydrogen (secondary N) is 1. The van der Waals surface area contributed by atoms with Gasteiger partial charge in [0.15, 0.2) is 11.6 Å². The highest BCUT2D eigenvalue weighted by molar-refractivity contribution is 6.28. The van der Waals surface area contributed by atoms with E-state index in [0.717, 1.165) is 0 Å². The van der Waals surface area contributed by atoms with Crippen molar-refractivity contribution in [3.05, 3.63) is 101 Å². The van der Waals surface area contributed by atoms with Gasteiger partial charge in [0.25, 0.3) is 0 Å². The summed E-state index contributed by atoms with van der Waals surface area (Å²) in [7, 11) is 0. The Hall–Kier alpha value is -4.13. The maximum atomic E-state index is 13.3. The van der Waals surface area contributed by atoms with Crippen LogP contribution in [0.15, 0.2) is 67.0 Å². The number of imidazole rings is 1. The van der Waals surface area contributed by atoms with Crippen LogP contribution in [0.3, 0.4) is 0 Å². The van der Waals surface area contributed by atoms with E-state index in [2.05, 4.69) is 10.3 Å². The average molecular weight is 399 g/mol. The number of nitrogens with zero attached hydrogens (tertiary/aromatic N) is 2. The van der Waals surface area contributed by atoms with Crippen LogP contribution in [0.25, 0.3) is 5.65 Å². The number of ketones is 2. The van der Waals surface area contributed by atoms with Gasteiger partial charge in [-0.15, -0.1) is 0 Å². The summed E-state index contributed by atoms with van der Waals surface area (Å²) in [6, 6.07) is 14.2. The molecule has 0 unspecified atom stereocenters. The van der Waals surface area contributed by atoms with Crippen molar-refractivity contribution in [3.63, 3.8) is 0 Å². The van der Waals surface area contributed by atoms with Crippen molar-refractivity contribution >= 4 is 28.8 Å². The van der Waals surface area contributed by atoms with E-state index >= 15 is 0 Å². The molecular weight excluding hydrogens is 385 g/mol. The van der Waals surface area contributed by atoms with Crippen molar-refractivity contribution in [2.75, 3.05) is 5.32 Å². The molecule has 0 radical (unpaired) electrons. The monoisotopic (exact) mass is 399 g/mol. The molecule has 0 bridgehead atoms. The van der Waals surface area contributed by atoms with Gasteiger partial charge in [0.1, 0.15) is 11.5 Å². The zero-order chi connectivity index (χ0) is 20.8. The lowest BCUT2D eigenvalue weighted by molar-refractivity contribution is -0.115. The Morgan fingerprint density at radius 2 is 1.60 bits per heavy atom. The third-order valence-electron chi connectivity index (χ3n) is 5.02. The summed E-state index contributed by atoms with van der Waals surface area (Å²) in [4.78, 5) is 42.2. The topological polar surface area (TPSA) is 80.5 Å². The summed E-state index contributed by atoms with van der Waals surface area (Å²) >= 11 is 0. The Morgan fingerprint density at radius 3 is 2.37 bits per heavy atom. The van der Waals surface area contributed by atoms with Gasteiger partial charge < -0.3 is 9.72 Å². The number of hydrogen-bond acceptors (Lipinski definition) is 4. The van der Waals surface area contributed by atoms with E-state index in [1.807, 2.05) is 0 Å². The minimum Gasteiger partial charge on any atom is -0.326 e. The number of hydrogen-bond donors (Lipinski definition) is 1. The molecule has 0 atom stereocenters. The lowest BCUT2D eigenvalue weighted by atomic mass is 9.84. The summed E-state index contributed by atoms with van der Waals surface area (Å²) in [6.45, 7) is 0. The van der Waals surface area contributed by atoms with E-state index in [1.165, 1.54) is 28.8 Å². The number of benzene rings is 2. The average Bonchev–Trinajstić information content (AvgIpc) is 3.13. The fraction of sp³-hybridized carbons (Fsp3) is 0.0435. The fourth-order valence-electron chi connectivity index (χ4n) is 3.65. The number of carbonyl (C=O) groups is 3. The summed E-state index contributed by atoms with van der Waals surface area (Å²) in [5.74, 6) is -1.20. The van der Waals surface area contributed by atoms with E-state index in [-0.39, 0.29) is 29.5 Å². The van der Waals surface area contributed by atoms with Gasteiger partial charge in [-0.2, -0.15) is 0 Å². The van der Waals surface area contributed by atoms with Crippen molar-refractivity contribution in [3.8, 4) is 0 Å². The van der Waals surface area contributed by atoms with Crippen molar-refractivity contribution in [2.45, 2.75) is 6.42 Å². The highest BCUT2D eigenvalue weighted by Crippen LogP contribution is 2.29. The van der Waals surface area contributed by atoms with E-state index < -0.39 is 5.82 Å². The lowest BCUT2D eigenvalue weighted by Gasteiger charge is -2.18. The molecule has 146 valence electrons. The second-order valence-electron chi connectivity index (χ2n) is 7.03. The number of halogens is 1. The maximum absolute atomic E-state index is 13.3. The van der Waals surface area contributed by atoms with Crippen LogP contribution in [0.4, 0.5) is 10.1 Å². The molecule has 1 aliphatic rings. The number of aromatic nitrogens is 2. The summed E-state index contributed by atoms with van der Waals surface area (Å²) in [5.41, 5.74) is 2.75. The predicted molar refractivity (Wildman–Crippen MR) is 107 cm³/mol. The maximum Gasteiger partial charge on any atom is 0.230 e. The van der Waals surface area contributed by atoms with Gasteiger partial charge in [0.05, 0.1) is 12.1 Å². The number of anilines is 1. The second-order valence-corrected chi connectivity index (χ2v) is 7.03. The van der Waals surface area contributed by atoms with Crippen molar-refractivity contribution in [2.24, 2.45) is 0 Å². The number of fused-ring (bicyclic) bond motifs is 3. The number of carbonyl (C=O) groups excluding carboxylic acids is 3. The van der Waals surface area contributed by atoms with Gasteiger partial charge in [-0.25, -0.2) is 9.37 Å². The van der Waals surface area contributed by atoms with Crippen LogP contribution in [0.2, 0.25) is 0 Å². The quantitative estimate of drug-likeness (QED) is 0.504. The highest BCUT2D eigenvalue weighted by atomic mass is 19.1. The molecule has 2 heterocycles. The first-order valence-electron chi connectivity index (χ1n) is 9.25. The molecule has 0 saturated carbocycles. The van der Waals surface area contributed by atoms with E-state index in [4.69, 9.17) is 0 Å². The van der Waals surface area contributed by atoms with Gasteiger partial charge in [-0.1, -0.05) is 24.3 Å². The highest BCUT2D eigenvalue weighted by Gasteiger charge is 2.29. The SMILES string of the molecule is O=C(Cc1cn2cc(F)ccc2n1)Nc1ccc2c(c1)C(=O)c1ccccc1C2=O. The Labute approximate surface area is 170 Å². The van der Waals surface area contributed by atoms with E-state index in [9.17, 15) is 18.8 Å². The third-order valence-corrected chi connectivity index (χ3v) is 5.02. The Kier molecular flexibility index (Phi) is 4.03. The van der Waals surface area contributed by atoms with Crippen LogP contribution < -0.4 is 5.32 Å². The summed E-state index contributed by atoms with van der Waals surface area (Å²) in [6.07, 6.45) is 2.85. The van der Waals surface area contributed by atoms with E-state index in [1.54, 1.807) is 42.6 Å². The lowest BCUT2D eigenvalue weighted by Crippen LogP contribution is -2.21. The molecule has 1 N–H and O–H groups in total. The molecule has 6 nitrogen and oxygen atoms in total. The van der Waals surface area contributed by atoms with Crippen LogP contribution in [-0.4, -0.2) is 26.9 Å². The minimum atomic E-state index is -0.397. The third kappa shape index (κ3) is 2.97. The molecule has 0 fully saturated rings. The molecule has 7 heteroatoms. The smallest absolute Gasteiger partial charge is 0.230 e. The van der Waals surface area contributed by atoms with Gasteiger partial charge >= 0.3 is 0 Å². The largest absolute Gasteiger partial charge is 0.326 e. The van der Waals surface area contributed by atoms with Crippen LogP contribution in [0, 0.1) is 5.82 Å². The van der Waals surface area contributed by atoms with Crippen LogP contribution in [-0.2, 0) is 11.2 Å². The van der Waals surface area contributed by atoms with Crippen molar-refractivity contribution in [1.82, 2.24) is 9.38 Å². The molecule has 0 spiro atoms. The molecule has 4 aromatic rings. The first-order chi connectivity index (χ1) is 14.5. The zero-order valence-electron chi connectivity index (χ0n) is 15.6. The van der Waals surface area contributed by atoms with Gasteiger partial charge in [-0.3, -0.25) is 14.4 Å². The molecule has 1 amide bonds. The van der Waals surface area contributed by atoms with Gasteiger partial charge in [-0.05, 0) is 30.3 Å². The summed E-state index contributed by atoms with van der Waals surface area (Å²) in [5, 5.41) is 2.73. The Bertz CT molecular complexity index is 1370. The van der Waals surface area contributed by atoms with Crippen LogP contribution >= 0.6 is 0 Å². The molecule has 2 aromatic carbocycles. The minimum absolute atomic E-state index is 0.0178. The first-order valence-corrected chi connectivity index (χ1v) is 9.25. The van der Waals surface area contributed by atoms with Crippen LogP contribution in [0.5, 0.6) is 0 Å². The normalized spacial score (nSPS) is 12.6. The number of pyridine rings is 1. The molecule has 0 saturated heterocycles. The molecule has 30 heavy (non-hydrogen) atoms. The second kappa shape index (κ2) is 6.73. The Balaban J connectivity index is 1.38. The molecule has 1 aliphatic carbocycles. The summed E-state index contributed by atoms with van der Waals surface area (Å²) < 4.78 is 14.8. The first kappa shape index (κ1) is 17.9. The number of rotatable bonds is 3. The zero-order valence-corrected chi connectivity index (χ0v) is 15.6. The van der Waals surface area contributed by atoms with Gasteiger partial charge in [0.2, 0.25) is 5.91 Å². The molecule has 0 aliphatic heterocycles. The predicted octanol–water partition coefficient (Wildman–Crippen LogP) is 3.43. The molecule has 5 rings (SSSR count). The van der Waals surface area contributed by atoms with Crippen LogP contribution in [0.1, 0.15) is 37.5 Å². The van der Waals surface area contributed by atoms with Crippen molar-refractivity contribution in [1.29, 1.82) is 0 Å². The number of amides is 1.